The summed E-state index contributed by atoms with van der Waals surface area (Å²) in [6, 6.07) is 0. The molecule has 6 nitrogen and oxygen atoms in total. The molecule has 1 amide bonds. The zero-order valence-corrected chi connectivity index (χ0v) is 18.1. The van der Waals surface area contributed by atoms with E-state index in [0.717, 1.165) is 25.9 Å². The molecule has 158 valence electrons. The molecule has 2 saturated heterocycles. The number of hydrogen-bond donors (Lipinski definition) is 1. The molecular formula is C17H30F3IN4O2. The van der Waals surface area contributed by atoms with Crippen LogP contribution < -0.4 is 5.32 Å². The van der Waals surface area contributed by atoms with E-state index < -0.39 is 12.6 Å². The molecule has 2 aliphatic heterocycles. The zero-order chi connectivity index (χ0) is 19.0. The summed E-state index contributed by atoms with van der Waals surface area (Å²) < 4.78 is 41.7. The van der Waals surface area contributed by atoms with Crippen molar-refractivity contribution >= 4 is 35.8 Å². The average molecular weight is 506 g/mol. The average Bonchev–Trinajstić information content (AvgIpc) is 2.64. The van der Waals surface area contributed by atoms with E-state index in [-0.39, 0.29) is 42.2 Å². The van der Waals surface area contributed by atoms with Crippen molar-refractivity contribution in [3.63, 3.8) is 0 Å². The van der Waals surface area contributed by atoms with E-state index in [0.29, 0.717) is 45.2 Å². The van der Waals surface area contributed by atoms with Gasteiger partial charge in [0.05, 0.1) is 13.2 Å². The second-order valence-corrected chi connectivity index (χ2v) is 6.75. The molecule has 10 heteroatoms. The van der Waals surface area contributed by atoms with Crippen LogP contribution in [0.1, 0.15) is 32.1 Å². The standard InChI is InChI=1S/C17H29F3N4O2.HI/c1-21-16(22-7-3-2-6-17(18,19)20)24-8-4-14(5-9-24)15(25)23-10-12-26-13-11-23;/h14H,2-13H2,1H3,(H,21,22);1H. The van der Waals surface area contributed by atoms with E-state index in [2.05, 4.69) is 15.2 Å². The highest BCUT2D eigenvalue weighted by atomic mass is 127. The molecule has 0 bridgehead atoms. The van der Waals surface area contributed by atoms with Crippen LogP contribution in [0.2, 0.25) is 0 Å². The first kappa shape index (κ1) is 24.3. The van der Waals surface area contributed by atoms with Crippen molar-refractivity contribution in [2.45, 2.75) is 38.3 Å². The normalized spacial score (nSPS) is 19.6. The first-order valence-electron chi connectivity index (χ1n) is 9.29. The molecule has 0 aromatic rings. The summed E-state index contributed by atoms with van der Waals surface area (Å²) in [6.45, 7) is 4.46. The molecule has 0 saturated carbocycles. The van der Waals surface area contributed by atoms with Gasteiger partial charge >= 0.3 is 6.18 Å². The van der Waals surface area contributed by atoms with Crippen LogP contribution in [0.4, 0.5) is 13.2 Å². The van der Waals surface area contributed by atoms with Gasteiger partial charge in [-0.2, -0.15) is 13.2 Å². The Morgan fingerprint density at radius 1 is 1.11 bits per heavy atom. The maximum atomic E-state index is 12.5. The molecule has 27 heavy (non-hydrogen) atoms. The maximum Gasteiger partial charge on any atom is 0.389 e. The van der Waals surface area contributed by atoms with Gasteiger partial charge in [-0.25, -0.2) is 0 Å². The van der Waals surface area contributed by atoms with E-state index in [1.807, 2.05) is 4.90 Å². The van der Waals surface area contributed by atoms with Gasteiger partial charge < -0.3 is 19.9 Å². The molecule has 2 fully saturated rings. The summed E-state index contributed by atoms with van der Waals surface area (Å²) >= 11 is 0. The Morgan fingerprint density at radius 2 is 1.74 bits per heavy atom. The van der Waals surface area contributed by atoms with Gasteiger partial charge in [-0.05, 0) is 25.7 Å². The van der Waals surface area contributed by atoms with Crippen molar-refractivity contribution in [3.8, 4) is 0 Å². The molecule has 0 aromatic carbocycles. The third-order valence-electron chi connectivity index (χ3n) is 4.85. The number of piperidine rings is 1. The van der Waals surface area contributed by atoms with Gasteiger partial charge in [0.25, 0.3) is 0 Å². The summed E-state index contributed by atoms with van der Waals surface area (Å²) in [7, 11) is 1.67. The Labute approximate surface area is 175 Å². The first-order chi connectivity index (χ1) is 12.4. The Hall–Kier alpha value is -0.780. The summed E-state index contributed by atoms with van der Waals surface area (Å²) in [4.78, 5) is 20.7. The third-order valence-corrected chi connectivity index (χ3v) is 4.85. The highest BCUT2D eigenvalue weighted by molar-refractivity contribution is 14.0. The summed E-state index contributed by atoms with van der Waals surface area (Å²) in [5.74, 6) is 0.951. The largest absolute Gasteiger partial charge is 0.389 e. The summed E-state index contributed by atoms with van der Waals surface area (Å²) in [6.07, 6.45) is -2.73. The van der Waals surface area contributed by atoms with Crippen molar-refractivity contribution in [1.82, 2.24) is 15.1 Å². The van der Waals surface area contributed by atoms with Crippen LogP contribution in [-0.2, 0) is 9.53 Å². The molecule has 0 atom stereocenters. The van der Waals surface area contributed by atoms with Crippen LogP contribution in [0.3, 0.4) is 0 Å². The van der Waals surface area contributed by atoms with Crippen LogP contribution in [0, 0.1) is 5.92 Å². The van der Waals surface area contributed by atoms with E-state index in [1.54, 1.807) is 7.05 Å². The molecule has 2 heterocycles. The topological polar surface area (TPSA) is 57.2 Å². The lowest BCUT2D eigenvalue weighted by Gasteiger charge is -2.36. The lowest BCUT2D eigenvalue weighted by atomic mass is 9.95. The second-order valence-electron chi connectivity index (χ2n) is 6.75. The van der Waals surface area contributed by atoms with Crippen molar-refractivity contribution in [2.75, 3.05) is 53.0 Å². The molecule has 2 aliphatic rings. The molecule has 0 aromatic heterocycles. The fourth-order valence-electron chi connectivity index (χ4n) is 3.36. The van der Waals surface area contributed by atoms with Gasteiger partial charge in [0, 0.05) is 52.1 Å². The predicted molar refractivity (Wildman–Crippen MR) is 108 cm³/mol. The Balaban J connectivity index is 0.00000364. The number of aliphatic imine (C=N–C) groups is 1. The van der Waals surface area contributed by atoms with Crippen molar-refractivity contribution < 1.29 is 22.7 Å². The minimum Gasteiger partial charge on any atom is -0.378 e. The lowest BCUT2D eigenvalue weighted by molar-refractivity contribution is -0.141. The number of rotatable bonds is 5. The number of amides is 1. The molecular weight excluding hydrogens is 476 g/mol. The maximum absolute atomic E-state index is 12.5. The quantitative estimate of drug-likeness (QED) is 0.270. The van der Waals surface area contributed by atoms with Crippen LogP contribution >= 0.6 is 24.0 Å². The van der Waals surface area contributed by atoms with Crippen LogP contribution in [-0.4, -0.2) is 80.8 Å². The number of halogens is 4. The number of morpholine rings is 1. The number of ether oxygens (including phenoxy) is 1. The molecule has 0 radical (unpaired) electrons. The predicted octanol–water partition coefficient (Wildman–Crippen LogP) is 2.48. The number of guanidine groups is 1. The Bertz CT molecular complexity index is 477. The number of unbranched alkanes of at least 4 members (excludes halogenated alkanes) is 1. The van der Waals surface area contributed by atoms with Gasteiger partial charge in [-0.1, -0.05) is 0 Å². The minimum atomic E-state index is -4.09. The Kier molecular flexibility index (Phi) is 10.7. The monoisotopic (exact) mass is 506 g/mol. The number of carbonyl (C=O) groups is 1. The molecule has 1 N–H and O–H groups in total. The van der Waals surface area contributed by atoms with E-state index >= 15 is 0 Å². The molecule has 0 spiro atoms. The number of likely N-dealkylation sites (tertiary alicyclic amines) is 1. The summed E-state index contributed by atoms with van der Waals surface area (Å²) in [5.41, 5.74) is 0. The van der Waals surface area contributed by atoms with E-state index in [4.69, 9.17) is 4.74 Å². The van der Waals surface area contributed by atoms with Gasteiger partial charge in [0.2, 0.25) is 5.91 Å². The van der Waals surface area contributed by atoms with E-state index in [1.165, 1.54) is 0 Å². The van der Waals surface area contributed by atoms with Crippen molar-refractivity contribution in [3.05, 3.63) is 0 Å². The van der Waals surface area contributed by atoms with Crippen molar-refractivity contribution in [2.24, 2.45) is 10.9 Å². The number of alkyl halides is 3. The van der Waals surface area contributed by atoms with Gasteiger partial charge in [-0.15, -0.1) is 24.0 Å². The summed E-state index contributed by atoms with van der Waals surface area (Å²) in [5, 5.41) is 3.13. The van der Waals surface area contributed by atoms with Crippen LogP contribution in [0.25, 0.3) is 0 Å². The van der Waals surface area contributed by atoms with Gasteiger partial charge in [0.1, 0.15) is 0 Å². The smallest absolute Gasteiger partial charge is 0.378 e. The number of carbonyl (C=O) groups excluding carboxylic acids is 1. The third kappa shape index (κ3) is 8.41. The van der Waals surface area contributed by atoms with Gasteiger partial charge in [-0.3, -0.25) is 9.79 Å². The lowest BCUT2D eigenvalue weighted by Crippen LogP contribution is -2.50. The van der Waals surface area contributed by atoms with Crippen LogP contribution in [0.15, 0.2) is 4.99 Å². The zero-order valence-electron chi connectivity index (χ0n) is 15.8. The number of nitrogens with zero attached hydrogens (tertiary/aromatic N) is 3. The SMILES string of the molecule is CN=C(NCCCCC(F)(F)F)N1CCC(C(=O)N2CCOCC2)CC1.I. The number of hydrogen-bond acceptors (Lipinski definition) is 3. The second kappa shape index (κ2) is 11.9. The fraction of sp³-hybridized carbons (Fsp3) is 0.882. The number of nitrogens with one attached hydrogen (secondary N) is 1. The Morgan fingerprint density at radius 3 is 2.30 bits per heavy atom. The van der Waals surface area contributed by atoms with Crippen LogP contribution in [0.5, 0.6) is 0 Å². The minimum absolute atomic E-state index is 0. The fourth-order valence-corrected chi connectivity index (χ4v) is 3.36. The molecule has 0 aliphatic carbocycles. The highest BCUT2D eigenvalue weighted by Crippen LogP contribution is 2.22. The highest BCUT2D eigenvalue weighted by Gasteiger charge is 2.30. The molecule has 0 unspecified atom stereocenters. The van der Waals surface area contributed by atoms with Gasteiger partial charge in [0.15, 0.2) is 5.96 Å². The molecule has 2 rings (SSSR count). The van der Waals surface area contributed by atoms with E-state index in [9.17, 15) is 18.0 Å². The van der Waals surface area contributed by atoms with Crippen molar-refractivity contribution in [1.29, 1.82) is 0 Å². The first-order valence-corrected chi connectivity index (χ1v) is 9.29.